The second-order valence-corrected chi connectivity index (χ2v) is 6.96. The third-order valence-electron chi connectivity index (χ3n) is 4.79. The van der Waals surface area contributed by atoms with Gasteiger partial charge in [-0.2, -0.15) is 0 Å². The lowest BCUT2D eigenvalue weighted by Crippen LogP contribution is -2.51. The van der Waals surface area contributed by atoms with Crippen LogP contribution >= 0.6 is 0 Å². The molecule has 0 radical (unpaired) electrons. The summed E-state index contributed by atoms with van der Waals surface area (Å²) in [7, 11) is 0. The SMILES string of the molecule is Cc1ccc(OCCC(=O)N2CCN(C(=O)COc3ccc(O)cc3)CC2)cc1. The van der Waals surface area contributed by atoms with Crippen molar-refractivity contribution in [3.63, 3.8) is 0 Å². The minimum atomic E-state index is -0.118. The molecule has 29 heavy (non-hydrogen) atoms. The Bertz CT molecular complexity index is 812. The average molecular weight is 398 g/mol. The van der Waals surface area contributed by atoms with Crippen LogP contribution < -0.4 is 9.47 Å². The second-order valence-electron chi connectivity index (χ2n) is 6.96. The van der Waals surface area contributed by atoms with E-state index < -0.39 is 0 Å². The zero-order chi connectivity index (χ0) is 20.6. The Morgan fingerprint density at radius 1 is 0.828 bits per heavy atom. The molecule has 7 heteroatoms. The number of hydrogen-bond acceptors (Lipinski definition) is 5. The molecule has 0 aromatic heterocycles. The standard InChI is InChI=1S/C22H26N2O5/c1-17-2-6-19(7-3-17)28-15-10-21(26)23-11-13-24(14-12-23)22(27)16-29-20-8-4-18(25)5-9-20/h2-9,25H,10-16H2,1H3. The molecule has 0 aliphatic carbocycles. The van der Waals surface area contributed by atoms with Crippen LogP contribution in [0.3, 0.4) is 0 Å². The largest absolute Gasteiger partial charge is 0.508 e. The fraction of sp³-hybridized carbons (Fsp3) is 0.364. The van der Waals surface area contributed by atoms with E-state index in [9.17, 15) is 14.7 Å². The summed E-state index contributed by atoms with van der Waals surface area (Å²) >= 11 is 0. The molecule has 2 aromatic carbocycles. The molecule has 1 heterocycles. The fourth-order valence-corrected chi connectivity index (χ4v) is 3.03. The predicted molar refractivity (Wildman–Crippen MR) is 108 cm³/mol. The average Bonchev–Trinajstić information content (AvgIpc) is 2.74. The Kier molecular flexibility index (Phi) is 6.94. The molecule has 1 fully saturated rings. The van der Waals surface area contributed by atoms with E-state index in [2.05, 4.69) is 0 Å². The van der Waals surface area contributed by atoms with Crippen LogP contribution in [0.1, 0.15) is 12.0 Å². The number of aromatic hydroxyl groups is 1. The number of phenolic OH excluding ortho intramolecular Hbond substituents is 1. The summed E-state index contributed by atoms with van der Waals surface area (Å²) in [5, 5.41) is 9.26. The summed E-state index contributed by atoms with van der Waals surface area (Å²) in [5.41, 5.74) is 1.16. The van der Waals surface area contributed by atoms with Crippen molar-refractivity contribution in [3.8, 4) is 17.2 Å². The first kappa shape index (κ1) is 20.5. The van der Waals surface area contributed by atoms with E-state index in [4.69, 9.17) is 9.47 Å². The Labute approximate surface area is 170 Å². The number of carbonyl (C=O) groups is 2. The number of benzene rings is 2. The van der Waals surface area contributed by atoms with Gasteiger partial charge in [-0.15, -0.1) is 0 Å². The van der Waals surface area contributed by atoms with Gasteiger partial charge < -0.3 is 24.4 Å². The van der Waals surface area contributed by atoms with Crippen LogP contribution in [-0.2, 0) is 9.59 Å². The number of amides is 2. The van der Waals surface area contributed by atoms with Crippen molar-refractivity contribution in [2.45, 2.75) is 13.3 Å². The van der Waals surface area contributed by atoms with Crippen molar-refractivity contribution >= 4 is 11.8 Å². The predicted octanol–water partition coefficient (Wildman–Crippen LogP) is 2.22. The first-order valence-corrected chi connectivity index (χ1v) is 9.68. The van der Waals surface area contributed by atoms with Crippen molar-refractivity contribution in [3.05, 3.63) is 54.1 Å². The highest BCUT2D eigenvalue weighted by atomic mass is 16.5. The van der Waals surface area contributed by atoms with E-state index in [0.29, 0.717) is 45.0 Å². The number of nitrogens with zero attached hydrogens (tertiary/aromatic N) is 2. The fourth-order valence-electron chi connectivity index (χ4n) is 3.03. The van der Waals surface area contributed by atoms with Crippen LogP contribution in [0.5, 0.6) is 17.2 Å². The van der Waals surface area contributed by atoms with Crippen LogP contribution in [0.4, 0.5) is 0 Å². The Morgan fingerprint density at radius 3 is 1.97 bits per heavy atom. The zero-order valence-corrected chi connectivity index (χ0v) is 16.5. The number of ether oxygens (including phenoxy) is 2. The zero-order valence-electron chi connectivity index (χ0n) is 16.5. The van der Waals surface area contributed by atoms with Crippen molar-refractivity contribution in [1.82, 2.24) is 9.80 Å². The molecule has 1 saturated heterocycles. The molecule has 7 nitrogen and oxygen atoms in total. The molecule has 0 atom stereocenters. The molecule has 0 saturated carbocycles. The minimum absolute atomic E-state index is 0.0320. The Hall–Kier alpha value is -3.22. The molecule has 1 aliphatic rings. The van der Waals surface area contributed by atoms with Crippen LogP contribution in [0.15, 0.2) is 48.5 Å². The molecule has 0 unspecified atom stereocenters. The van der Waals surface area contributed by atoms with Crippen molar-refractivity contribution < 1.29 is 24.2 Å². The highest BCUT2D eigenvalue weighted by molar-refractivity contribution is 5.79. The van der Waals surface area contributed by atoms with Gasteiger partial charge in [0.2, 0.25) is 5.91 Å². The minimum Gasteiger partial charge on any atom is -0.508 e. The lowest BCUT2D eigenvalue weighted by molar-refractivity contribution is -0.141. The van der Waals surface area contributed by atoms with Gasteiger partial charge in [0.1, 0.15) is 17.2 Å². The van der Waals surface area contributed by atoms with Crippen LogP contribution in [0, 0.1) is 6.92 Å². The van der Waals surface area contributed by atoms with Gasteiger partial charge >= 0.3 is 0 Å². The maximum absolute atomic E-state index is 12.4. The lowest BCUT2D eigenvalue weighted by Gasteiger charge is -2.34. The number of aryl methyl sites for hydroxylation is 1. The number of phenols is 1. The first-order valence-electron chi connectivity index (χ1n) is 9.68. The number of piperazine rings is 1. The molecule has 1 aliphatic heterocycles. The lowest BCUT2D eigenvalue weighted by atomic mass is 10.2. The topological polar surface area (TPSA) is 79.3 Å². The Morgan fingerprint density at radius 2 is 1.34 bits per heavy atom. The molecule has 154 valence electrons. The molecule has 1 N–H and O–H groups in total. The number of rotatable bonds is 7. The highest BCUT2D eigenvalue weighted by Gasteiger charge is 2.24. The van der Waals surface area contributed by atoms with Crippen LogP contribution in [0.2, 0.25) is 0 Å². The summed E-state index contributed by atoms with van der Waals surface area (Å²) in [6.07, 6.45) is 0.311. The van der Waals surface area contributed by atoms with Crippen LogP contribution in [0.25, 0.3) is 0 Å². The molecule has 2 amide bonds. The second kappa shape index (κ2) is 9.82. The normalized spacial score (nSPS) is 13.8. The van der Waals surface area contributed by atoms with Crippen LogP contribution in [-0.4, -0.2) is 66.1 Å². The van der Waals surface area contributed by atoms with E-state index in [1.165, 1.54) is 12.1 Å². The summed E-state index contributed by atoms with van der Waals surface area (Å²) < 4.78 is 11.1. The Balaban J connectivity index is 1.35. The van der Waals surface area contributed by atoms with Gasteiger partial charge in [-0.3, -0.25) is 9.59 Å². The van der Waals surface area contributed by atoms with E-state index in [1.54, 1.807) is 21.9 Å². The van der Waals surface area contributed by atoms with E-state index >= 15 is 0 Å². The van der Waals surface area contributed by atoms with Crippen molar-refractivity contribution in [2.75, 3.05) is 39.4 Å². The van der Waals surface area contributed by atoms with Gasteiger partial charge in [0.15, 0.2) is 6.61 Å². The highest BCUT2D eigenvalue weighted by Crippen LogP contribution is 2.16. The molecular formula is C22H26N2O5. The van der Waals surface area contributed by atoms with Gasteiger partial charge in [0.05, 0.1) is 13.0 Å². The molecule has 0 spiro atoms. The molecular weight excluding hydrogens is 372 g/mol. The quantitative estimate of drug-likeness (QED) is 0.774. The van der Waals surface area contributed by atoms with E-state index in [0.717, 1.165) is 11.3 Å². The smallest absolute Gasteiger partial charge is 0.260 e. The van der Waals surface area contributed by atoms with Crippen molar-refractivity contribution in [1.29, 1.82) is 0 Å². The third-order valence-corrected chi connectivity index (χ3v) is 4.79. The summed E-state index contributed by atoms with van der Waals surface area (Å²) in [6.45, 7) is 4.27. The summed E-state index contributed by atoms with van der Waals surface area (Å²) in [6, 6.07) is 14.0. The number of carbonyl (C=O) groups excluding carboxylic acids is 2. The van der Waals surface area contributed by atoms with Gasteiger partial charge in [0, 0.05) is 26.2 Å². The summed E-state index contributed by atoms with van der Waals surface area (Å²) in [5.74, 6) is 1.34. The first-order chi connectivity index (χ1) is 14.0. The summed E-state index contributed by atoms with van der Waals surface area (Å²) in [4.78, 5) is 28.1. The molecule has 0 bridgehead atoms. The van der Waals surface area contributed by atoms with E-state index in [-0.39, 0.29) is 24.2 Å². The molecule has 2 aromatic rings. The van der Waals surface area contributed by atoms with Gasteiger partial charge in [-0.1, -0.05) is 17.7 Å². The van der Waals surface area contributed by atoms with Gasteiger partial charge in [-0.25, -0.2) is 0 Å². The monoisotopic (exact) mass is 398 g/mol. The maximum atomic E-state index is 12.4. The third kappa shape index (κ3) is 6.14. The van der Waals surface area contributed by atoms with E-state index in [1.807, 2.05) is 31.2 Å². The van der Waals surface area contributed by atoms with Gasteiger partial charge in [0.25, 0.3) is 5.91 Å². The maximum Gasteiger partial charge on any atom is 0.260 e. The van der Waals surface area contributed by atoms with Crippen molar-refractivity contribution in [2.24, 2.45) is 0 Å². The van der Waals surface area contributed by atoms with Gasteiger partial charge in [-0.05, 0) is 43.3 Å². The molecule has 3 rings (SSSR count). The number of hydrogen-bond donors (Lipinski definition) is 1.